The minimum absolute atomic E-state index is 0.0417. The molecule has 104 valence electrons. The Labute approximate surface area is 111 Å². The highest BCUT2D eigenvalue weighted by atomic mass is 16.5. The van der Waals surface area contributed by atoms with Gasteiger partial charge in [0.05, 0.1) is 7.11 Å². The van der Waals surface area contributed by atoms with Crippen LogP contribution in [0.4, 0.5) is 0 Å². The molecular weight excluding hydrogens is 226 g/mol. The zero-order valence-electron chi connectivity index (χ0n) is 11.8. The molecule has 0 atom stereocenters. The van der Waals surface area contributed by atoms with E-state index in [-0.39, 0.29) is 11.5 Å². The van der Waals surface area contributed by atoms with Crippen LogP contribution in [0.25, 0.3) is 0 Å². The molecule has 0 unspecified atom stereocenters. The maximum atomic E-state index is 12.2. The van der Waals surface area contributed by atoms with E-state index in [2.05, 4.69) is 12.2 Å². The summed E-state index contributed by atoms with van der Waals surface area (Å²) < 4.78 is 5.07. The number of ether oxygens (including phenoxy) is 1. The van der Waals surface area contributed by atoms with Crippen molar-refractivity contribution in [2.24, 2.45) is 5.92 Å². The van der Waals surface area contributed by atoms with E-state index in [1.807, 2.05) is 0 Å². The van der Waals surface area contributed by atoms with Gasteiger partial charge in [0.1, 0.15) is 5.54 Å². The summed E-state index contributed by atoms with van der Waals surface area (Å²) >= 11 is 0. The quantitative estimate of drug-likeness (QED) is 0.786. The normalized spacial score (nSPS) is 34.2. The van der Waals surface area contributed by atoms with Crippen molar-refractivity contribution in [2.75, 3.05) is 7.11 Å². The fourth-order valence-electron chi connectivity index (χ4n) is 3.50. The fraction of sp³-hybridized carbons (Fsp3) is 0.933. The fourth-order valence-corrected chi connectivity index (χ4v) is 3.50. The standard InChI is InChI=1S/C15H27NO2/c1-12-8-10-15(11-9-12,14(17)18-2)16-13-6-4-3-5-7-13/h12-13,16H,3-11H2,1-2H3. The smallest absolute Gasteiger partial charge is 0.326 e. The molecule has 2 saturated carbocycles. The van der Waals surface area contributed by atoms with Gasteiger partial charge in [-0.25, -0.2) is 0 Å². The van der Waals surface area contributed by atoms with Crippen molar-refractivity contribution < 1.29 is 9.53 Å². The Morgan fingerprint density at radius 2 is 1.72 bits per heavy atom. The van der Waals surface area contributed by atoms with Crippen LogP contribution in [0.2, 0.25) is 0 Å². The second-order valence-corrected chi connectivity index (χ2v) is 6.24. The summed E-state index contributed by atoms with van der Waals surface area (Å²) in [5.74, 6) is 0.705. The topological polar surface area (TPSA) is 38.3 Å². The van der Waals surface area contributed by atoms with Crippen molar-refractivity contribution >= 4 is 5.97 Å². The van der Waals surface area contributed by atoms with Gasteiger partial charge in [0, 0.05) is 6.04 Å². The van der Waals surface area contributed by atoms with Gasteiger partial charge in [-0.3, -0.25) is 10.1 Å². The van der Waals surface area contributed by atoms with E-state index in [0.717, 1.165) is 31.6 Å². The summed E-state index contributed by atoms with van der Waals surface area (Å²) in [5, 5.41) is 3.67. The van der Waals surface area contributed by atoms with Crippen molar-refractivity contribution in [3.8, 4) is 0 Å². The lowest BCUT2D eigenvalue weighted by Crippen LogP contribution is -2.58. The van der Waals surface area contributed by atoms with E-state index >= 15 is 0 Å². The summed E-state index contributed by atoms with van der Waals surface area (Å²) in [7, 11) is 1.52. The molecule has 2 rings (SSSR count). The van der Waals surface area contributed by atoms with Gasteiger partial charge >= 0.3 is 5.97 Å². The SMILES string of the molecule is COC(=O)C1(NC2CCCCC2)CCC(C)CC1. The highest BCUT2D eigenvalue weighted by Crippen LogP contribution is 2.34. The predicted molar refractivity (Wildman–Crippen MR) is 72.4 cm³/mol. The van der Waals surface area contributed by atoms with Crippen LogP contribution in [0, 0.1) is 5.92 Å². The van der Waals surface area contributed by atoms with Crippen molar-refractivity contribution in [2.45, 2.75) is 76.3 Å². The average Bonchev–Trinajstić information content (AvgIpc) is 2.42. The van der Waals surface area contributed by atoms with E-state index in [4.69, 9.17) is 4.74 Å². The molecule has 1 N–H and O–H groups in total. The number of nitrogens with one attached hydrogen (secondary N) is 1. The highest BCUT2D eigenvalue weighted by Gasteiger charge is 2.43. The monoisotopic (exact) mass is 253 g/mol. The van der Waals surface area contributed by atoms with Gasteiger partial charge in [-0.1, -0.05) is 26.2 Å². The third-order valence-corrected chi connectivity index (χ3v) is 4.79. The number of rotatable bonds is 3. The molecule has 2 aliphatic carbocycles. The van der Waals surface area contributed by atoms with Gasteiger partial charge in [0.25, 0.3) is 0 Å². The molecule has 0 bridgehead atoms. The first-order chi connectivity index (χ1) is 8.66. The molecule has 0 radical (unpaired) electrons. The van der Waals surface area contributed by atoms with Crippen LogP contribution in [0.15, 0.2) is 0 Å². The van der Waals surface area contributed by atoms with Crippen LogP contribution in [0.3, 0.4) is 0 Å². The molecule has 3 heteroatoms. The number of carbonyl (C=O) groups is 1. The Morgan fingerprint density at radius 1 is 1.11 bits per heavy atom. The first-order valence-electron chi connectivity index (χ1n) is 7.52. The third kappa shape index (κ3) is 3.05. The maximum absolute atomic E-state index is 12.2. The van der Waals surface area contributed by atoms with Gasteiger partial charge in [0.2, 0.25) is 0 Å². The number of hydrogen-bond acceptors (Lipinski definition) is 3. The Bertz CT molecular complexity index is 276. The molecule has 0 aromatic carbocycles. The summed E-state index contributed by atoms with van der Waals surface area (Å²) in [6.07, 6.45) is 10.5. The van der Waals surface area contributed by atoms with Gasteiger partial charge in [-0.05, 0) is 44.4 Å². The van der Waals surface area contributed by atoms with Crippen LogP contribution < -0.4 is 5.32 Å². The Hall–Kier alpha value is -0.570. The molecular formula is C15H27NO2. The summed E-state index contributed by atoms with van der Waals surface area (Å²) in [6, 6.07) is 0.520. The van der Waals surface area contributed by atoms with E-state index in [1.54, 1.807) is 0 Å². The first-order valence-corrected chi connectivity index (χ1v) is 7.52. The lowest BCUT2D eigenvalue weighted by molar-refractivity contribution is -0.151. The van der Waals surface area contributed by atoms with Gasteiger partial charge in [-0.2, -0.15) is 0 Å². The zero-order chi connectivity index (χ0) is 13.0. The summed E-state index contributed by atoms with van der Waals surface area (Å²) in [4.78, 5) is 12.2. The lowest BCUT2D eigenvalue weighted by atomic mass is 9.76. The van der Waals surface area contributed by atoms with Crippen LogP contribution in [0.1, 0.15) is 64.7 Å². The Morgan fingerprint density at radius 3 is 2.28 bits per heavy atom. The van der Waals surface area contributed by atoms with Gasteiger partial charge in [0.15, 0.2) is 0 Å². The average molecular weight is 253 g/mol. The molecule has 2 aliphatic rings. The van der Waals surface area contributed by atoms with Crippen molar-refractivity contribution in [1.29, 1.82) is 0 Å². The van der Waals surface area contributed by atoms with Gasteiger partial charge in [-0.15, -0.1) is 0 Å². The molecule has 0 aromatic heterocycles. The summed E-state index contributed by atoms with van der Waals surface area (Å²) in [5.41, 5.74) is -0.386. The molecule has 0 spiro atoms. The molecule has 0 amide bonds. The Balaban J connectivity index is 2.02. The second-order valence-electron chi connectivity index (χ2n) is 6.24. The molecule has 18 heavy (non-hydrogen) atoms. The number of methoxy groups -OCH3 is 1. The summed E-state index contributed by atoms with van der Waals surface area (Å²) in [6.45, 7) is 2.28. The minimum Gasteiger partial charge on any atom is -0.468 e. The zero-order valence-corrected chi connectivity index (χ0v) is 11.8. The van der Waals surface area contributed by atoms with E-state index < -0.39 is 0 Å². The molecule has 2 fully saturated rings. The van der Waals surface area contributed by atoms with Crippen molar-refractivity contribution in [1.82, 2.24) is 5.32 Å². The number of esters is 1. The second kappa shape index (κ2) is 6.05. The third-order valence-electron chi connectivity index (χ3n) is 4.79. The number of carbonyl (C=O) groups excluding carboxylic acids is 1. The van der Waals surface area contributed by atoms with Crippen LogP contribution in [0.5, 0.6) is 0 Å². The van der Waals surface area contributed by atoms with E-state index in [9.17, 15) is 4.79 Å². The van der Waals surface area contributed by atoms with Crippen molar-refractivity contribution in [3.63, 3.8) is 0 Å². The molecule has 0 aromatic rings. The van der Waals surface area contributed by atoms with E-state index in [0.29, 0.717) is 6.04 Å². The molecule has 3 nitrogen and oxygen atoms in total. The van der Waals surface area contributed by atoms with Gasteiger partial charge < -0.3 is 4.74 Å². The molecule has 0 heterocycles. The van der Waals surface area contributed by atoms with Crippen LogP contribution >= 0.6 is 0 Å². The van der Waals surface area contributed by atoms with Crippen molar-refractivity contribution in [3.05, 3.63) is 0 Å². The maximum Gasteiger partial charge on any atom is 0.326 e. The molecule has 0 saturated heterocycles. The van der Waals surface area contributed by atoms with Crippen LogP contribution in [-0.4, -0.2) is 24.7 Å². The van der Waals surface area contributed by atoms with E-state index in [1.165, 1.54) is 39.2 Å². The largest absolute Gasteiger partial charge is 0.468 e. The number of hydrogen-bond donors (Lipinski definition) is 1. The molecule has 0 aliphatic heterocycles. The predicted octanol–water partition coefficient (Wildman–Crippen LogP) is 3.03. The highest BCUT2D eigenvalue weighted by molar-refractivity contribution is 5.81. The first kappa shape index (κ1) is 13.9. The Kier molecular flexibility index (Phi) is 4.66. The minimum atomic E-state index is -0.386. The van der Waals surface area contributed by atoms with Crippen LogP contribution in [-0.2, 0) is 9.53 Å². The lowest BCUT2D eigenvalue weighted by Gasteiger charge is -2.41.